The Kier molecular flexibility index (Phi) is 5.59. The van der Waals surface area contributed by atoms with E-state index in [0.29, 0.717) is 17.0 Å². The van der Waals surface area contributed by atoms with E-state index in [1.54, 1.807) is 0 Å². The number of nitrogens with one attached hydrogen (secondary N) is 1. The molecule has 5 heteroatoms. The highest BCUT2D eigenvalue weighted by atomic mass is 35.5. The summed E-state index contributed by atoms with van der Waals surface area (Å²) in [6, 6.07) is 8.12. The lowest BCUT2D eigenvalue weighted by Crippen LogP contribution is -2.41. The summed E-state index contributed by atoms with van der Waals surface area (Å²) in [6.45, 7) is 4.21. The second kappa shape index (κ2) is 7.68. The minimum atomic E-state index is -0.731. The second-order valence-electron chi connectivity index (χ2n) is 7.09. The highest BCUT2D eigenvalue weighted by Gasteiger charge is 2.34. The van der Waals surface area contributed by atoms with Crippen LogP contribution in [0.4, 0.5) is 0 Å². The number of rotatable bonds is 6. The molecule has 0 radical (unpaired) electrons. The van der Waals surface area contributed by atoms with E-state index in [-0.39, 0.29) is 0 Å². The number of imidazole rings is 1. The zero-order valence-electron chi connectivity index (χ0n) is 14.2. The van der Waals surface area contributed by atoms with Crippen molar-refractivity contribution < 1.29 is 5.11 Å². The van der Waals surface area contributed by atoms with E-state index in [2.05, 4.69) is 21.8 Å². The van der Waals surface area contributed by atoms with Crippen LogP contribution in [0.2, 0.25) is 5.02 Å². The number of nitrogens with zero attached hydrogens (tertiary/aromatic N) is 2. The Bertz CT molecular complexity index is 636. The largest absolute Gasteiger partial charge is 0.385 e. The molecule has 0 amide bonds. The minimum Gasteiger partial charge on any atom is -0.385 e. The van der Waals surface area contributed by atoms with Crippen molar-refractivity contribution in [3.63, 3.8) is 0 Å². The fourth-order valence-electron chi connectivity index (χ4n) is 3.55. The number of hydrogen-bond acceptors (Lipinski definition) is 3. The molecule has 24 heavy (non-hydrogen) atoms. The molecule has 130 valence electrons. The van der Waals surface area contributed by atoms with Gasteiger partial charge in [0.25, 0.3) is 0 Å². The van der Waals surface area contributed by atoms with Gasteiger partial charge in [-0.15, -0.1) is 0 Å². The molecular weight excluding hydrogens is 322 g/mol. The highest BCUT2D eigenvalue weighted by molar-refractivity contribution is 6.30. The monoisotopic (exact) mass is 347 g/mol. The highest BCUT2D eigenvalue weighted by Crippen LogP contribution is 2.37. The maximum absolute atomic E-state index is 10.9. The Hall–Kier alpha value is -1.36. The first-order chi connectivity index (χ1) is 11.5. The van der Waals surface area contributed by atoms with Crippen molar-refractivity contribution in [2.75, 3.05) is 6.54 Å². The third-order valence-corrected chi connectivity index (χ3v) is 5.25. The molecule has 1 aliphatic carbocycles. The number of benzene rings is 1. The summed E-state index contributed by atoms with van der Waals surface area (Å²) in [5, 5.41) is 15.3. The molecule has 0 aliphatic heterocycles. The number of hydrogen-bond donors (Lipinski definition) is 2. The maximum atomic E-state index is 10.9. The molecule has 0 unspecified atom stereocenters. The van der Waals surface area contributed by atoms with Crippen LogP contribution in [0.15, 0.2) is 43.0 Å². The summed E-state index contributed by atoms with van der Waals surface area (Å²) in [5.41, 5.74) is 0.216. The fraction of sp³-hybridized carbons (Fsp3) is 0.526. The van der Waals surface area contributed by atoms with Gasteiger partial charge in [-0.2, -0.15) is 0 Å². The van der Waals surface area contributed by atoms with E-state index >= 15 is 0 Å². The van der Waals surface area contributed by atoms with Gasteiger partial charge in [0.15, 0.2) is 0 Å². The fourth-order valence-corrected chi connectivity index (χ4v) is 3.74. The summed E-state index contributed by atoms with van der Waals surface area (Å²) in [7, 11) is 0. The van der Waals surface area contributed by atoms with Crippen LogP contribution in [-0.4, -0.2) is 27.2 Å². The molecule has 0 saturated heterocycles. The maximum Gasteiger partial charge on any atom is 0.0946 e. The first-order valence-electron chi connectivity index (χ1n) is 8.73. The van der Waals surface area contributed by atoms with E-state index in [9.17, 15) is 5.11 Å². The molecule has 1 aromatic carbocycles. The van der Waals surface area contributed by atoms with Gasteiger partial charge in [-0.25, -0.2) is 4.98 Å². The van der Waals surface area contributed by atoms with Crippen LogP contribution < -0.4 is 5.32 Å². The summed E-state index contributed by atoms with van der Waals surface area (Å²) in [6.07, 6.45) is 9.21. The molecule has 1 aliphatic rings. The molecule has 1 fully saturated rings. The van der Waals surface area contributed by atoms with Crippen LogP contribution in [0.1, 0.15) is 38.2 Å². The van der Waals surface area contributed by atoms with Crippen molar-refractivity contribution in [1.29, 1.82) is 0 Å². The minimum absolute atomic E-state index is 0.481. The van der Waals surface area contributed by atoms with Gasteiger partial charge < -0.3 is 15.0 Å². The first-order valence-corrected chi connectivity index (χ1v) is 9.10. The van der Waals surface area contributed by atoms with Crippen LogP contribution in [0.3, 0.4) is 0 Å². The Morgan fingerprint density at radius 1 is 1.42 bits per heavy atom. The van der Waals surface area contributed by atoms with Gasteiger partial charge in [0.2, 0.25) is 0 Å². The molecule has 2 aromatic rings. The smallest absolute Gasteiger partial charge is 0.0946 e. The quantitative estimate of drug-likeness (QED) is 0.839. The van der Waals surface area contributed by atoms with E-state index in [4.69, 9.17) is 11.6 Å². The lowest BCUT2D eigenvalue weighted by molar-refractivity contribution is -0.00859. The van der Waals surface area contributed by atoms with Gasteiger partial charge in [0.1, 0.15) is 0 Å². The van der Waals surface area contributed by atoms with Crippen molar-refractivity contribution in [2.45, 2.75) is 50.8 Å². The summed E-state index contributed by atoms with van der Waals surface area (Å²) >= 11 is 6.07. The van der Waals surface area contributed by atoms with E-state index in [1.807, 2.05) is 43.0 Å². The predicted octanol–water partition coefficient (Wildman–Crippen LogP) is 3.59. The zero-order chi connectivity index (χ0) is 17.0. The third-order valence-electron chi connectivity index (χ3n) is 5.01. The first kappa shape index (κ1) is 17.5. The molecule has 3 rings (SSSR count). The van der Waals surface area contributed by atoms with Crippen LogP contribution in [0.5, 0.6) is 0 Å². The van der Waals surface area contributed by atoms with Crippen molar-refractivity contribution in [1.82, 2.24) is 14.9 Å². The van der Waals surface area contributed by atoms with E-state index in [1.165, 1.54) is 0 Å². The van der Waals surface area contributed by atoms with Crippen LogP contribution in [0, 0.1) is 5.92 Å². The van der Waals surface area contributed by atoms with Crippen LogP contribution in [-0.2, 0) is 12.1 Å². The normalized spacial score (nSPS) is 25.5. The molecule has 0 spiro atoms. The molecular formula is C19H26ClN3O. The van der Waals surface area contributed by atoms with Crippen molar-refractivity contribution in [3.05, 3.63) is 53.6 Å². The Morgan fingerprint density at radius 2 is 2.21 bits per heavy atom. The molecule has 4 nitrogen and oxygen atoms in total. The molecule has 1 saturated carbocycles. The number of aromatic nitrogens is 2. The Morgan fingerprint density at radius 3 is 2.88 bits per heavy atom. The standard InChI is InChI=1S/C19H26ClN3O/c1-15(13-23-10-9-21-14-23)12-22-18-5-7-19(24,8-6-18)16-3-2-4-17(20)11-16/h2-4,9-11,14-15,18,22,24H,5-8,12-13H2,1H3/t15-,18?,19?/m1/s1. The summed E-state index contributed by atoms with van der Waals surface area (Å²) < 4.78 is 2.12. The molecule has 2 N–H and O–H groups in total. The Balaban J connectivity index is 1.46. The Labute approximate surface area is 148 Å². The van der Waals surface area contributed by atoms with Gasteiger partial charge in [0, 0.05) is 30.0 Å². The van der Waals surface area contributed by atoms with Gasteiger partial charge in [-0.3, -0.25) is 0 Å². The average Bonchev–Trinajstić information content (AvgIpc) is 3.07. The van der Waals surface area contributed by atoms with Gasteiger partial charge >= 0.3 is 0 Å². The molecule has 1 aromatic heterocycles. The molecule has 0 bridgehead atoms. The van der Waals surface area contributed by atoms with Gasteiger partial charge in [0.05, 0.1) is 11.9 Å². The van der Waals surface area contributed by atoms with Crippen molar-refractivity contribution >= 4 is 11.6 Å². The predicted molar refractivity (Wildman–Crippen MR) is 97.0 cm³/mol. The van der Waals surface area contributed by atoms with Gasteiger partial charge in [-0.1, -0.05) is 30.7 Å². The summed E-state index contributed by atoms with van der Waals surface area (Å²) in [4.78, 5) is 4.08. The number of halogens is 1. The topological polar surface area (TPSA) is 50.1 Å². The molecule has 1 atom stereocenters. The second-order valence-corrected chi connectivity index (χ2v) is 7.53. The number of aliphatic hydroxyl groups is 1. The lowest BCUT2D eigenvalue weighted by atomic mass is 9.77. The van der Waals surface area contributed by atoms with E-state index in [0.717, 1.165) is 44.3 Å². The zero-order valence-corrected chi connectivity index (χ0v) is 14.9. The van der Waals surface area contributed by atoms with E-state index < -0.39 is 5.60 Å². The SMILES string of the molecule is C[C@H](CNC1CCC(O)(c2cccc(Cl)c2)CC1)Cn1ccnc1. The third kappa shape index (κ3) is 4.38. The molecule has 1 heterocycles. The van der Waals surface area contributed by atoms with Gasteiger partial charge in [-0.05, 0) is 55.8 Å². The van der Waals surface area contributed by atoms with Crippen LogP contribution in [0.25, 0.3) is 0 Å². The summed E-state index contributed by atoms with van der Waals surface area (Å²) in [5.74, 6) is 0.549. The average molecular weight is 348 g/mol. The lowest BCUT2D eigenvalue weighted by Gasteiger charge is -2.37. The van der Waals surface area contributed by atoms with Crippen molar-refractivity contribution in [3.8, 4) is 0 Å². The van der Waals surface area contributed by atoms with Crippen LogP contribution >= 0.6 is 11.6 Å². The van der Waals surface area contributed by atoms with Crippen molar-refractivity contribution in [2.24, 2.45) is 5.92 Å².